The minimum absolute atomic E-state index is 0.208. The molecule has 0 aromatic carbocycles. The van der Waals surface area contributed by atoms with Crippen LogP contribution in [-0.2, 0) is 9.53 Å². The lowest BCUT2D eigenvalue weighted by Crippen LogP contribution is -2.24. The third-order valence-electron chi connectivity index (χ3n) is 1.42. The Balaban J connectivity index is 2.49. The van der Waals surface area contributed by atoms with Gasteiger partial charge in [0.25, 0.3) is 0 Å². The van der Waals surface area contributed by atoms with Gasteiger partial charge in [0, 0.05) is 6.42 Å². The van der Waals surface area contributed by atoms with E-state index in [1.54, 1.807) is 0 Å². The number of hydrogen-bond donors (Lipinski definition) is 0. The van der Waals surface area contributed by atoms with E-state index in [1.807, 2.05) is 0 Å². The Morgan fingerprint density at radius 1 is 1.78 bits per heavy atom. The molecule has 1 saturated heterocycles. The Morgan fingerprint density at radius 2 is 2.44 bits per heavy atom. The van der Waals surface area contributed by atoms with E-state index in [1.165, 1.54) is 6.92 Å². The lowest BCUT2D eigenvalue weighted by molar-refractivity contribution is -0.127. The van der Waals surface area contributed by atoms with Crippen LogP contribution in [0.5, 0.6) is 0 Å². The molecule has 2 atom stereocenters. The third-order valence-corrected chi connectivity index (χ3v) is 1.42. The molecule has 9 heavy (non-hydrogen) atoms. The van der Waals surface area contributed by atoms with Gasteiger partial charge >= 0.3 is 0 Å². The zero-order valence-electron chi connectivity index (χ0n) is 5.26. The molecule has 0 amide bonds. The Hall–Kier alpha value is -0.440. The van der Waals surface area contributed by atoms with E-state index < -0.39 is 12.3 Å². The van der Waals surface area contributed by atoms with Crippen LogP contribution in [0.25, 0.3) is 0 Å². The number of carbonyl (C=O) groups is 1. The molecular weight excluding hydrogens is 123 g/mol. The maximum atomic E-state index is 12.5. The molecule has 1 heterocycles. The molecule has 2 unspecified atom stereocenters. The minimum Gasteiger partial charge on any atom is -0.367 e. The van der Waals surface area contributed by atoms with Crippen LogP contribution in [0.15, 0.2) is 0 Å². The van der Waals surface area contributed by atoms with Crippen molar-refractivity contribution in [3.63, 3.8) is 0 Å². The lowest BCUT2D eigenvalue weighted by atomic mass is 10.1. The van der Waals surface area contributed by atoms with Gasteiger partial charge in [0.1, 0.15) is 12.3 Å². The van der Waals surface area contributed by atoms with Crippen molar-refractivity contribution in [2.24, 2.45) is 0 Å². The zero-order chi connectivity index (χ0) is 6.85. The smallest absolute Gasteiger partial charge is 0.161 e. The quantitative estimate of drug-likeness (QED) is 0.525. The summed E-state index contributed by atoms with van der Waals surface area (Å²) >= 11 is 0. The summed E-state index contributed by atoms with van der Waals surface area (Å²) < 4.78 is 17.3. The normalized spacial score (nSPS) is 34.9. The van der Waals surface area contributed by atoms with Crippen LogP contribution in [0.4, 0.5) is 4.39 Å². The Labute approximate surface area is 53.0 Å². The Morgan fingerprint density at radius 3 is 2.67 bits per heavy atom. The number of rotatable bonds is 1. The predicted molar refractivity (Wildman–Crippen MR) is 29.9 cm³/mol. The third kappa shape index (κ3) is 1.27. The van der Waals surface area contributed by atoms with Crippen LogP contribution in [0, 0.1) is 0 Å². The molecule has 0 aliphatic carbocycles. The van der Waals surface area contributed by atoms with Gasteiger partial charge in [0.2, 0.25) is 0 Å². The summed E-state index contributed by atoms with van der Waals surface area (Å²) in [6, 6.07) is 0. The molecule has 1 fully saturated rings. The lowest BCUT2D eigenvalue weighted by Gasteiger charge is -2.05. The predicted octanol–water partition coefficient (Wildman–Crippen LogP) is 0.702. The van der Waals surface area contributed by atoms with E-state index >= 15 is 0 Å². The molecule has 0 aromatic rings. The van der Waals surface area contributed by atoms with Crippen molar-refractivity contribution >= 4 is 5.78 Å². The van der Waals surface area contributed by atoms with Crippen LogP contribution in [0.3, 0.4) is 0 Å². The highest BCUT2D eigenvalue weighted by atomic mass is 19.1. The van der Waals surface area contributed by atoms with Gasteiger partial charge in [-0.2, -0.15) is 0 Å². The molecule has 3 heteroatoms. The maximum absolute atomic E-state index is 12.5. The number of alkyl halides is 1. The van der Waals surface area contributed by atoms with E-state index in [2.05, 4.69) is 0 Å². The van der Waals surface area contributed by atoms with Gasteiger partial charge in [-0.25, -0.2) is 4.39 Å². The number of ether oxygens (including phenoxy) is 1. The molecule has 0 spiro atoms. The number of ketones is 1. The topological polar surface area (TPSA) is 26.3 Å². The first kappa shape index (κ1) is 6.68. The van der Waals surface area contributed by atoms with E-state index in [0.29, 0.717) is 13.0 Å². The second-order valence-electron chi connectivity index (χ2n) is 2.21. The van der Waals surface area contributed by atoms with Gasteiger partial charge in [-0.15, -0.1) is 0 Å². The van der Waals surface area contributed by atoms with E-state index in [0.717, 1.165) is 0 Å². The molecule has 1 aliphatic rings. The van der Waals surface area contributed by atoms with E-state index in [4.69, 9.17) is 4.74 Å². The molecular formula is C6H9FO2. The fourth-order valence-corrected chi connectivity index (χ4v) is 0.935. The summed E-state index contributed by atoms with van der Waals surface area (Å²) in [4.78, 5) is 10.5. The molecule has 52 valence electrons. The number of halogens is 1. The van der Waals surface area contributed by atoms with E-state index in [9.17, 15) is 9.18 Å². The molecule has 2 nitrogen and oxygen atoms in total. The molecule has 0 radical (unpaired) electrons. The zero-order valence-corrected chi connectivity index (χ0v) is 5.26. The average Bonchev–Trinajstić information content (AvgIpc) is 2.13. The van der Waals surface area contributed by atoms with Crippen molar-refractivity contribution in [2.45, 2.75) is 25.6 Å². The average molecular weight is 132 g/mol. The van der Waals surface area contributed by atoms with Crippen LogP contribution in [0.2, 0.25) is 0 Å². The first-order valence-electron chi connectivity index (χ1n) is 2.98. The summed E-state index contributed by atoms with van der Waals surface area (Å²) in [6.07, 6.45) is -1.47. The summed E-state index contributed by atoms with van der Waals surface area (Å²) in [5, 5.41) is 0. The van der Waals surface area contributed by atoms with Crippen molar-refractivity contribution in [3.8, 4) is 0 Å². The van der Waals surface area contributed by atoms with Crippen LogP contribution in [-0.4, -0.2) is 24.7 Å². The second kappa shape index (κ2) is 2.43. The van der Waals surface area contributed by atoms with Gasteiger partial charge in [-0.3, -0.25) is 4.79 Å². The Bertz CT molecular complexity index is 124. The van der Waals surface area contributed by atoms with Crippen molar-refractivity contribution in [1.29, 1.82) is 0 Å². The van der Waals surface area contributed by atoms with Crippen molar-refractivity contribution < 1.29 is 13.9 Å². The maximum Gasteiger partial charge on any atom is 0.161 e. The van der Waals surface area contributed by atoms with Crippen molar-refractivity contribution in [1.82, 2.24) is 0 Å². The highest BCUT2D eigenvalue weighted by Crippen LogP contribution is 2.16. The monoisotopic (exact) mass is 132 g/mol. The first-order valence-corrected chi connectivity index (χ1v) is 2.98. The Kier molecular flexibility index (Phi) is 1.81. The van der Waals surface area contributed by atoms with Crippen molar-refractivity contribution in [2.75, 3.05) is 6.61 Å². The molecule has 0 aromatic heterocycles. The van der Waals surface area contributed by atoms with Gasteiger partial charge in [0.15, 0.2) is 5.78 Å². The molecule has 1 rings (SSSR count). The number of hydrogen-bond acceptors (Lipinski definition) is 2. The largest absolute Gasteiger partial charge is 0.367 e. The van der Waals surface area contributed by atoms with Crippen LogP contribution in [0.1, 0.15) is 13.3 Å². The molecule has 0 saturated carbocycles. The summed E-state index contributed by atoms with van der Waals surface area (Å²) in [5.41, 5.74) is 0. The standard InChI is InChI=1S/C6H9FO2/c1-4(8)6-5(7)2-3-9-6/h5-6H,2-3H2,1H3. The van der Waals surface area contributed by atoms with Gasteiger partial charge in [-0.05, 0) is 6.92 Å². The van der Waals surface area contributed by atoms with Crippen LogP contribution < -0.4 is 0 Å². The summed E-state index contributed by atoms with van der Waals surface area (Å²) in [5.74, 6) is -0.208. The second-order valence-corrected chi connectivity index (χ2v) is 2.21. The highest BCUT2D eigenvalue weighted by molar-refractivity contribution is 5.81. The SMILES string of the molecule is CC(=O)C1OCCC1F. The van der Waals surface area contributed by atoms with Crippen LogP contribution >= 0.6 is 0 Å². The fourth-order valence-electron chi connectivity index (χ4n) is 0.935. The first-order chi connectivity index (χ1) is 4.22. The number of Topliss-reactive ketones (excluding diaryl/α,β-unsaturated/α-hetero) is 1. The summed E-state index contributed by atoms with van der Waals surface area (Å²) in [7, 11) is 0. The minimum atomic E-state index is -1.07. The molecule has 1 aliphatic heterocycles. The van der Waals surface area contributed by atoms with Gasteiger partial charge in [-0.1, -0.05) is 0 Å². The summed E-state index contributed by atoms with van der Waals surface area (Å²) in [6.45, 7) is 1.73. The van der Waals surface area contributed by atoms with Gasteiger partial charge in [0.05, 0.1) is 6.61 Å². The molecule has 0 N–H and O–H groups in total. The van der Waals surface area contributed by atoms with Crippen molar-refractivity contribution in [3.05, 3.63) is 0 Å². The molecule has 0 bridgehead atoms. The highest BCUT2D eigenvalue weighted by Gasteiger charge is 2.31. The fraction of sp³-hybridized carbons (Fsp3) is 0.833. The van der Waals surface area contributed by atoms with E-state index in [-0.39, 0.29) is 5.78 Å². The van der Waals surface area contributed by atoms with Gasteiger partial charge < -0.3 is 4.74 Å². The number of carbonyl (C=O) groups excluding carboxylic acids is 1.